The molecule has 0 heterocycles. The molecule has 2 aromatic carbocycles. The van der Waals surface area contributed by atoms with Crippen LogP contribution in [0.3, 0.4) is 0 Å². The van der Waals surface area contributed by atoms with Crippen molar-refractivity contribution in [1.82, 2.24) is 0 Å². The molecule has 0 bridgehead atoms. The van der Waals surface area contributed by atoms with Gasteiger partial charge in [-0.3, -0.25) is 9.59 Å². The molecule has 0 radical (unpaired) electrons. The van der Waals surface area contributed by atoms with Crippen molar-refractivity contribution >= 4 is 35.0 Å². The minimum absolute atomic E-state index is 0.260. The summed E-state index contributed by atoms with van der Waals surface area (Å²) < 4.78 is 4.58. The highest BCUT2D eigenvalue weighted by atomic mass is 35.5. The van der Waals surface area contributed by atoms with Crippen LogP contribution in [-0.4, -0.2) is 24.9 Å². The zero-order valence-electron chi connectivity index (χ0n) is 12.4. The van der Waals surface area contributed by atoms with E-state index in [4.69, 9.17) is 28.9 Å². The van der Waals surface area contributed by atoms with Crippen LogP contribution in [0.2, 0.25) is 10.0 Å². The zero-order chi connectivity index (χ0) is 17.0. The Morgan fingerprint density at radius 2 is 1.65 bits per heavy atom. The zero-order valence-corrected chi connectivity index (χ0v) is 13.9. The average molecular weight is 352 g/mol. The Kier molecular flexibility index (Phi) is 5.77. The van der Waals surface area contributed by atoms with Gasteiger partial charge in [0.15, 0.2) is 5.78 Å². The fourth-order valence-corrected chi connectivity index (χ4v) is 2.71. The van der Waals surface area contributed by atoms with E-state index in [9.17, 15) is 9.59 Å². The van der Waals surface area contributed by atoms with Crippen LogP contribution >= 0.6 is 23.2 Å². The second-order valence-corrected chi connectivity index (χ2v) is 5.77. The molecular weight excluding hydrogens is 337 g/mol. The Morgan fingerprint density at radius 3 is 2.17 bits per heavy atom. The number of carbonyl (C=O) groups excluding carboxylic acids is 2. The lowest BCUT2D eigenvalue weighted by Gasteiger charge is -2.10. The van der Waals surface area contributed by atoms with Gasteiger partial charge in [0, 0.05) is 5.56 Å². The van der Waals surface area contributed by atoms with E-state index < -0.39 is 12.0 Å². The normalized spacial score (nSPS) is 11.8. The van der Waals surface area contributed by atoms with E-state index in [0.717, 1.165) is 5.56 Å². The molecular formula is C17H15Cl2NO3. The molecule has 0 spiro atoms. The molecule has 2 N–H and O–H groups in total. The van der Waals surface area contributed by atoms with E-state index in [1.54, 1.807) is 42.5 Å². The second-order valence-electron chi connectivity index (χ2n) is 4.96. The molecule has 0 aliphatic carbocycles. The summed E-state index contributed by atoms with van der Waals surface area (Å²) in [5, 5.41) is 0.610. The van der Waals surface area contributed by atoms with Gasteiger partial charge in [0.2, 0.25) is 0 Å². The quantitative estimate of drug-likeness (QED) is 0.662. The lowest BCUT2D eigenvalue weighted by Crippen LogP contribution is -2.33. The molecule has 2 aromatic rings. The van der Waals surface area contributed by atoms with Crippen LogP contribution < -0.4 is 5.73 Å². The molecule has 1 atom stereocenters. The molecule has 6 heteroatoms. The number of methoxy groups -OCH3 is 1. The molecule has 0 saturated carbocycles. The van der Waals surface area contributed by atoms with Crippen LogP contribution in [0.5, 0.6) is 0 Å². The highest BCUT2D eigenvalue weighted by molar-refractivity contribution is 6.41. The monoisotopic (exact) mass is 351 g/mol. The van der Waals surface area contributed by atoms with Gasteiger partial charge in [-0.15, -0.1) is 0 Å². The highest BCUT2D eigenvalue weighted by Gasteiger charge is 2.17. The van der Waals surface area contributed by atoms with Gasteiger partial charge in [0.25, 0.3) is 0 Å². The van der Waals surface area contributed by atoms with Crippen LogP contribution in [0.25, 0.3) is 0 Å². The van der Waals surface area contributed by atoms with Gasteiger partial charge < -0.3 is 10.5 Å². The number of nitrogens with two attached hydrogens (primary N) is 1. The molecule has 0 aliphatic rings. The second kappa shape index (κ2) is 7.59. The number of ketones is 1. The number of esters is 1. The maximum Gasteiger partial charge on any atom is 0.322 e. The summed E-state index contributed by atoms with van der Waals surface area (Å²) in [4.78, 5) is 23.8. The number of rotatable bonds is 5. The SMILES string of the molecule is COC(=O)[C@@H](N)Cc1ccc(C(=O)c2c(Cl)cccc2Cl)cc1. The van der Waals surface area contributed by atoms with Crippen LogP contribution in [-0.2, 0) is 16.0 Å². The number of ether oxygens (including phenoxy) is 1. The van der Waals surface area contributed by atoms with Crippen molar-refractivity contribution in [2.24, 2.45) is 5.73 Å². The van der Waals surface area contributed by atoms with Crippen LogP contribution in [0.4, 0.5) is 0 Å². The van der Waals surface area contributed by atoms with Crippen molar-refractivity contribution < 1.29 is 14.3 Å². The number of hydrogen-bond donors (Lipinski definition) is 1. The van der Waals surface area contributed by atoms with Gasteiger partial charge in [-0.05, 0) is 24.1 Å². The first-order valence-electron chi connectivity index (χ1n) is 6.85. The third kappa shape index (κ3) is 4.10. The maximum absolute atomic E-state index is 12.5. The van der Waals surface area contributed by atoms with Crippen LogP contribution in [0, 0.1) is 0 Å². The van der Waals surface area contributed by atoms with Gasteiger partial charge in [-0.2, -0.15) is 0 Å². The summed E-state index contributed by atoms with van der Waals surface area (Å²) in [6.07, 6.45) is 0.327. The third-order valence-electron chi connectivity index (χ3n) is 3.37. The number of halogens is 2. The summed E-state index contributed by atoms with van der Waals surface area (Å²) in [6.45, 7) is 0. The average Bonchev–Trinajstić information content (AvgIpc) is 2.54. The fraction of sp³-hybridized carbons (Fsp3) is 0.176. The minimum atomic E-state index is -0.737. The summed E-state index contributed by atoms with van der Waals surface area (Å²) in [5.74, 6) is -0.739. The lowest BCUT2D eigenvalue weighted by molar-refractivity contribution is -0.142. The van der Waals surface area contributed by atoms with Crippen molar-refractivity contribution in [3.63, 3.8) is 0 Å². The Hall–Kier alpha value is -1.88. The first-order chi connectivity index (χ1) is 10.9. The highest BCUT2D eigenvalue weighted by Crippen LogP contribution is 2.27. The van der Waals surface area contributed by atoms with Crippen LogP contribution in [0.1, 0.15) is 21.5 Å². The molecule has 120 valence electrons. The Bertz CT molecular complexity index is 709. The van der Waals surface area contributed by atoms with Crippen molar-refractivity contribution in [2.45, 2.75) is 12.5 Å². The van der Waals surface area contributed by atoms with E-state index in [1.807, 2.05) is 0 Å². The molecule has 2 rings (SSSR count). The molecule has 0 amide bonds. The van der Waals surface area contributed by atoms with Crippen molar-refractivity contribution in [3.05, 3.63) is 69.2 Å². The summed E-state index contributed by atoms with van der Waals surface area (Å²) in [5.41, 5.74) is 7.26. The largest absolute Gasteiger partial charge is 0.468 e. The standard InChI is InChI=1S/C17H15Cl2NO3/c1-23-17(22)14(20)9-10-5-7-11(8-6-10)16(21)15-12(18)3-2-4-13(15)19/h2-8,14H,9,20H2,1H3/t14-/m0/s1. The predicted molar refractivity (Wildman–Crippen MR) is 90.0 cm³/mol. The summed E-state index contributed by atoms with van der Waals surface area (Å²) in [7, 11) is 1.29. The minimum Gasteiger partial charge on any atom is -0.468 e. The van der Waals surface area contributed by atoms with Crippen LogP contribution in [0.15, 0.2) is 42.5 Å². The fourth-order valence-electron chi connectivity index (χ4n) is 2.14. The third-order valence-corrected chi connectivity index (χ3v) is 4.00. The molecule has 0 aliphatic heterocycles. The van der Waals surface area contributed by atoms with E-state index in [2.05, 4.69) is 4.74 Å². The van der Waals surface area contributed by atoms with Gasteiger partial charge in [0.1, 0.15) is 6.04 Å². The maximum atomic E-state index is 12.5. The number of carbonyl (C=O) groups is 2. The Balaban J connectivity index is 2.19. The molecule has 0 aromatic heterocycles. The van der Waals surface area contributed by atoms with Crippen molar-refractivity contribution in [1.29, 1.82) is 0 Å². The first-order valence-corrected chi connectivity index (χ1v) is 7.60. The topological polar surface area (TPSA) is 69.4 Å². The molecule has 0 unspecified atom stereocenters. The van der Waals surface area contributed by atoms with E-state index >= 15 is 0 Å². The summed E-state index contributed by atoms with van der Waals surface area (Å²) >= 11 is 12.1. The first kappa shape index (κ1) is 17.5. The lowest BCUT2D eigenvalue weighted by atomic mass is 9.99. The molecule has 0 fully saturated rings. The van der Waals surface area contributed by atoms with E-state index in [0.29, 0.717) is 22.0 Å². The Morgan fingerprint density at radius 1 is 1.09 bits per heavy atom. The molecule has 4 nitrogen and oxygen atoms in total. The van der Waals surface area contributed by atoms with E-state index in [1.165, 1.54) is 7.11 Å². The van der Waals surface area contributed by atoms with E-state index in [-0.39, 0.29) is 11.3 Å². The Labute approximate surface area is 144 Å². The number of hydrogen-bond acceptors (Lipinski definition) is 4. The molecule has 23 heavy (non-hydrogen) atoms. The summed E-state index contributed by atoms with van der Waals surface area (Å²) in [6, 6.07) is 11.0. The smallest absolute Gasteiger partial charge is 0.322 e. The van der Waals surface area contributed by atoms with Gasteiger partial charge in [0.05, 0.1) is 22.7 Å². The molecule has 0 saturated heterocycles. The number of benzene rings is 2. The van der Waals surface area contributed by atoms with Gasteiger partial charge in [-0.25, -0.2) is 0 Å². The van der Waals surface area contributed by atoms with Gasteiger partial charge >= 0.3 is 5.97 Å². The predicted octanol–water partition coefficient (Wildman–Crippen LogP) is 3.27. The van der Waals surface area contributed by atoms with Gasteiger partial charge in [-0.1, -0.05) is 53.5 Å². The van der Waals surface area contributed by atoms with Crippen molar-refractivity contribution in [3.8, 4) is 0 Å². The van der Waals surface area contributed by atoms with Crippen molar-refractivity contribution in [2.75, 3.05) is 7.11 Å².